The average molecular weight is 276 g/mol. The molecule has 0 atom stereocenters. The van der Waals surface area contributed by atoms with E-state index in [1.165, 1.54) is 11.5 Å². The molecule has 4 heteroatoms. The van der Waals surface area contributed by atoms with E-state index < -0.39 is 0 Å². The second-order valence-corrected chi connectivity index (χ2v) is 5.48. The lowest BCUT2D eigenvalue weighted by molar-refractivity contribution is 1.46. The second-order valence-electron chi connectivity index (χ2n) is 4.23. The lowest BCUT2D eigenvalue weighted by Gasteiger charge is -2.05. The van der Waals surface area contributed by atoms with Gasteiger partial charge in [0.15, 0.2) is 0 Å². The fraction of sp³-hybridized carbons (Fsp3) is 0.0714. The van der Waals surface area contributed by atoms with Crippen LogP contribution in [0.4, 0.5) is 0 Å². The summed E-state index contributed by atoms with van der Waals surface area (Å²) >= 11 is 7.60. The Bertz CT molecular complexity index is 788. The van der Waals surface area contributed by atoms with Crippen LogP contribution in [-0.4, -0.2) is 4.37 Å². The third-order valence-electron chi connectivity index (χ3n) is 2.91. The Labute approximate surface area is 113 Å². The van der Waals surface area contributed by atoms with Crippen molar-refractivity contribution in [2.75, 3.05) is 0 Å². The van der Waals surface area contributed by atoms with Crippen molar-refractivity contribution < 1.29 is 0 Å². The van der Waals surface area contributed by atoms with Crippen molar-refractivity contribution in [3.05, 3.63) is 57.3 Å². The van der Waals surface area contributed by atoms with Crippen LogP contribution in [0.5, 0.6) is 0 Å². The number of benzene rings is 2. The van der Waals surface area contributed by atoms with Crippen LogP contribution in [0.1, 0.15) is 5.56 Å². The van der Waals surface area contributed by atoms with E-state index in [-0.39, 0.29) is 5.56 Å². The Morgan fingerprint density at radius 3 is 2.78 bits per heavy atom. The molecule has 0 aliphatic heterocycles. The molecule has 2 aromatic carbocycles. The number of hydrogen-bond donors (Lipinski definition) is 1. The van der Waals surface area contributed by atoms with Crippen molar-refractivity contribution in [2.45, 2.75) is 6.92 Å². The summed E-state index contributed by atoms with van der Waals surface area (Å²) in [4.78, 5) is 11.6. The minimum Gasteiger partial charge on any atom is -0.277 e. The van der Waals surface area contributed by atoms with Crippen LogP contribution in [0, 0.1) is 6.92 Å². The normalized spacial score (nSPS) is 11.0. The summed E-state index contributed by atoms with van der Waals surface area (Å²) < 4.78 is 3.70. The van der Waals surface area contributed by atoms with Crippen molar-refractivity contribution in [3.8, 4) is 11.1 Å². The number of H-pyrrole nitrogens is 1. The molecule has 18 heavy (non-hydrogen) atoms. The molecule has 1 N–H and O–H groups in total. The van der Waals surface area contributed by atoms with E-state index in [1.54, 1.807) is 0 Å². The van der Waals surface area contributed by atoms with Crippen LogP contribution in [0.15, 0.2) is 41.2 Å². The molecule has 0 spiro atoms. The zero-order valence-corrected chi connectivity index (χ0v) is 11.2. The summed E-state index contributed by atoms with van der Waals surface area (Å²) in [5.41, 5.74) is 3.00. The van der Waals surface area contributed by atoms with Crippen molar-refractivity contribution >= 4 is 33.2 Å². The van der Waals surface area contributed by atoms with Gasteiger partial charge in [-0.3, -0.25) is 9.17 Å². The van der Waals surface area contributed by atoms with Gasteiger partial charge in [0, 0.05) is 10.6 Å². The third-order valence-corrected chi connectivity index (χ3v) is 4.09. The van der Waals surface area contributed by atoms with E-state index in [0.29, 0.717) is 10.4 Å². The summed E-state index contributed by atoms with van der Waals surface area (Å²) in [6.07, 6.45) is 0. The van der Waals surface area contributed by atoms with Gasteiger partial charge >= 0.3 is 0 Å². The van der Waals surface area contributed by atoms with E-state index in [9.17, 15) is 4.79 Å². The number of aromatic nitrogens is 1. The Kier molecular flexibility index (Phi) is 2.73. The number of nitrogens with one attached hydrogen (secondary N) is 1. The monoisotopic (exact) mass is 275 g/mol. The molecule has 90 valence electrons. The van der Waals surface area contributed by atoms with Crippen LogP contribution < -0.4 is 5.56 Å². The first-order chi connectivity index (χ1) is 8.65. The highest BCUT2D eigenvalue weighted by Gasteiger charge is 2.07. The third kappa shape index (κ3) is 1.85. The highest BCUT2D eigenvalue weighted by molar-refractivity contribution is 7.13. The number of aryl methyl sites for hydroxylation is 1. The molecule has 0 unspecified atom stereocenters. The number of aromatic amines is 1. The standard InChI is InChI=1S/C14H10ClNOS/c1-8-2-4-10(12(15)6-8)9-3-5-13-11(7-9)14(17)16-18-13/h2-7H,1H3,(H,16,17). The zero-order valence-electron chi connectivity index (χ0n) is 9.66. The van der Waals surface area contributed by atoms with Crippen molar-refractivity contribution in [1.29, 1.82) is 0 Å². The van der Waals surface area contributed by atoms with Gasteiger partial charge in [0.1, 0.15) is 0 Å². The minimum absolute atomic E-state index is 0.0416. The van der Waals surface area contributed by atoms with E-state index in [2.05, 4.69) is 4.37 Å². The van der Waals surface area contributed by atoms with Crippen molar-refractivity contribution in [3.63, 3.8) is 0 Å². The van der Waals surface area contributed by atoms with Crippen molar-refractivity contribution in [1.82, 2.24) is 4.37 Å². The van der Waals surface area contributed by atoms with Gasteiger partial charge < -0.3 is 0 Å². The molecule has 3 rings (SSSR count). The number of rotatable bonds is 1. The Morgan fingerprint density at radius 2 is 2.00 bits per heavy atom. The van der Waals surface area contributed by atoms with Crippen LogP contribution in [0.3, 0.4) is 0 Å². The summed E-state index contributed by atoms with van der Waals surface area (Å²) in [5, 5.41) is 1.43. The second kappa shape index (κ2) is 4.26. The molecule has 1 heterocycles. The van der Waals surface area contributed by atoms with Gasteiger partial charge in [-0.25, -0.2) is 0 Å². The lowest BCUT2D eigenvalue weighted by atomic mass is 10.0. The predicted molar refractivity (Wildman–Crippen MR) is 77.6 cm³/mol. The minimum atomic E-state index is -0.0416. The van der Waals surface area contributed by atoms with Crippen LogP contribution >= 0.6 is 23.1 Å². The van der Waals surface area contributed by atoms with Crippen molar-refractivity contribution in [2.24, 2.45) is 0 Å². The molecule has 3 aromatic rings. The van der Waals surface area contributed by atoms with E-state index in [1.807, 2.05) is 43.3 Å². The summed E-state index contributed by atoms with van der Waals surface area (Å²) in [5.74, 6) is 0. The molecule has 1 aromatic heterocycles. The van der Waals surface area contributed by atoms with Gasteiger partial charge in [0.25, 0.3) is 5.56 Å². The van der Waals surface area contributed by atoms with E-state index >= 15 is 0 Å². The first-order valence-electron chi connectivity index (χ1n) is 5.53. The van der Waals surface area contributed by atoms with Gasteiger partial charge in [0.2, 0.25) is 0 Å². The molecule has 0 radical (unpaired) electrons. The maximum atomic E-state index is 11.6. The fourth-order valence-corrected chi connectivity index (χ4v) is 3.03. The first-order valence-corrected chi connectivity index (χ1v) is 6.72. The molecule has 0 fully saturated rings. The van der Waals surface area contributed by atoms with E-state index in [0.717, 1.165) is 21.4 Å². The predicted octanol–water partition coefficient (Wildman–Crippen LogP) is 4.22. The first kappa shape index (κ1) is 11.5. The largest absolute Gasteiger partial charge is 0.277 e. The summed E-state index contributed by atoms with van der Waals surface area (Å²) in [7, 11) is 0. The smallest absolute Gasteiger partial charge is 0.265 e. The highest BCUT2D eigenvalue weighted by Crippen LogP contribution is 2.30. The molecule has 0 aliphatic rings. The van der Waals surface area contributed by atoms with Gasteiger partial charge in [-0.05, 0) is 36.2 Å². The Balaban J connectivity index is 2.24. The average Bonchev–Trinajstić information content (AvgIpc) is 2.71. The molecule has 0 amide bonds. The van der Waals surface area contributed by atoms with Gasteiger partial charge in [-0.1, -0.05) is 41.3 Å². The summed E-state index contributed by atoms with van der Waals surface area (Å²) in [6.45, 7) is 2.00. The quantitative estimate of drug-likeness (QED) is 0.709. The molecule has 0 bridgehead atoms. The number of halogens is 1. The van der Waals surface area contributed by atoms with Gasteiger partial charge in [-0.2, -0.15) is 0 Å². The van der Waals surface area contributed by atoms with Crippen LogP contribution in [-0.2, 0) is 0 Å². The molecule has 0 aliphatic carbocycles. The molecular formula is C14H10ClNOS. The lowest BCUT2D eigenvalue weighted by Crippen LogP contribution is -1.96. The van der Waals surface area contributed by atoms with Crippen LogP contribution in [0.25, 0.3) is 21.2 Å². The Morgan fingerprint density at radius 1 is 1.17 bits per heavy atom. The summed E-state index contributed by atoms with van der Waals surface area (Å²) in [6, 6.07) is 11.8. The maximum absolute atomic E-state index is 11.6. The SMILES string of the molecule is Cc1ccc(-c2ccc3s[nH]c(=O)c3c2)c(Cl)c1. The molecule has 0 saturated heterocycles. The van der Waals surface area contributed by atoms with E-state index in [4.69, 9.17) is 11.6 Å². The number of hydrogen-bond acceptors (Lipinski definition) is 2. The highest BCUT2D eigenvalue weighted by atomic mass is 35.5. The van der Waals surface area contributed by atoms with Gasteiger partial charge in [0.05, 0.1) is 10.1 Å². The maximum Gasteiger partial charge on any atom is 0.265 e. The fourth-order valence-electron chi connectivity index (χ4n) is 1.97. The molecule has 0 saturated carbocycles. The molecule has 2 nitrogen and oxygen atoms in total. The molecular weight excluding hydrogens is 266 g/mol. The van der Waals surface area contributed by atoms with Gasteiger partial charge in [-0.15, -0.1) is 0 Å². The van der Waals surface area contributed by atoms with Crippen LogP contribution in [0.2, 0.25) is 5.02 Å². The number of fused-ring (bicyclic) bond motifs is 1. The zero-order chi connectivity index (χ0) is 12.7. The topological polar surface area (TPSA) is 32.9 Å². The Hall–Kier alpha value is -1.58.